The van der Waals surface area contributed by atoms with Crippen LogP contribution in [0.5, 0.6) is 5.75 Å². The minimum atomic E-state index is 0.0755. The Labute approximate surface area is 193 Å². The summed E-state index contributed by atoms with van der Waals surface area (Å²) in [6.07, 6.45) is 3.54. The van der Waals surface area contributed by atoms with Gasteiger partial charge in [-0.3, -0.25) is 4.98 Å². The highest BCUT2D eigenvalue weighted by Gasteiger charge is 2.14. The van der Waals surface area contributed by atoms with Crippen LogP contribution in [0.3, 0.4) is 0 Å². The third kappa shape index (κ3) is 4.39. The van der Waals surface area contributed by atoms with Crippen LogP contribution in [0.15, 0.2) is 97.3 Å². The van der Waals surface area contributed by atoms with E-state index in [1.165, 1.54) is 5.56 Å². The quantitative estimate of drug-likeness (QED) is 0.330. The Bertz CT molecular complexity index is 1390. The summed E-state index contributed by atoms with van der Waals surface area (Å²) < 4.78 is 5.41. The summed E-state index contributed by atoms with van der Waals surface area (Å²) in [5.74, 6) is 2.26. The summed E-state index contributed by atoms with van der Waals surface area (Å²) in [4.78, 5) is 14.0. The minimum absolute atomic E-state index is 0.0755. The number of hydrogen-bond acceptors (Lipinski definition) is 5. The number of methoxy groups -OCH3 is 1. The summed E-state index contributed by atoms with van der Waals surface area (Å²) in [5, 5.41) is 4.58. The van der Waals surface area contributed by atoms with Crippen molar-refractivity contribution in [2.75, 3.05) is 12.4 Å². The van der Waals surface area contributed by atoms with Crippen LogP contribution in [0.25, 0.3) is 33.4 Å². The van der Waals surface area contributed by atoms with E-state index >= 15 is 0 Å². The standard InChI is InChI=1S/C28H24N4O/c1-19(20-8-4-3-5-9-20)30-28-25-17-22(21-10-6-12-24(16-21)33-2)13-14-26(25)31-27(32-28)23-11-7-15-29-18-23/h3-19H,1-2H3,(H,30,31,32)/t19-/m0/s1. The third-order valence-corrected chi connectivity index (χ3v) is 5.67. The number of fused-ring (bicyclic) bond motifs is 1. The van der Waals surface area contributed by atoms with Gasteiger partial charge in [-0.2, -0.15) is 0 Å². The lowest BCUT2D eigenvalue weighted by Gasteiger charge is -2.18. The van der Waals surface area contributed by atoms with E-state index in [-0.39, 0.29) is 6.04 Å². The first-order valence-electron chi connectivity index (χ1n) is 10.9. The molecule has 162 valence electrons. The van der Waals surface area contributed by atoms with Crippen molar-refractivity contribution < 1.29 is 4.74 Å². The van der Waals surface area contributed by atoms with Crippen LogP contribution >= 0.6 is 0 Å². The molecule has 1 atom stereocenters. The normalized spacial score (nSPS) is 11.8. The van der Waals surface area contributed by atoms with Crippen LogP contribution < -0.4 is 10.1 Å². The van der Waals surface area contributed by atoms with Gasteiger partial charge in [-0.25, -0.2) is 9.97 Å². The zero-order chi connectivity index (χ0) is 22.6. The summed E-state index contributed by atoms with van der Waals surface area (Å²) in [5.41, 5.74) is 5.10. The van der Waals surface area contributed by atoms with Gasteiger partial charge in [0.05, 0.1) is 12.6 Å². The van der Waals surface area contributed by atoms with Gasteiger partial charge in [0, 0.05) is 29.4 Å². The predicted molar refractivity (Wildman–Crippen MR) is 133 cm³/mol. The number of benzene rings is 3. The van der Waals surface area contributed by atoms with Gasteiger partial charge in [-0.1, -0.05) is 48.5 Å². The summed E-state index contributed by atoms with van der Waals surface area (Å²) in [7, 11) is 1.68. The topological polar surface area (TPSA) is 59.9 Å². The first kappa shape index (κ1) is 20.6. The van der Waals surface area contributed by atoms with Crippen LogP contribution in [0, 0.1) is 0 Å². The molecule has 2 heterocycles. The second kappa shape index (κ2) is 9.09. The molecule has 0 saturated heterocycles. The minimum Gasteiger partial charge on any atom is -0.497 e. The Morgan fingerprint density at radius 1 is 0.788 bits per heavy atom. The Morgan fingerprint density at radius 2 is 1.61 bits per heavy atom. The van der Waals surface area contributed by atoms with Gasteiger partial charge in [-0.15, -0.1) is 0 Å². The second-order valence-corrected chi connectivity index (χ2v) is 7.88. The Hall–Kier alpha value is -4.25. The molecule has 0 saturated carbocycles. The van der Waals surface area contributed by atoms with Gasteiger partial charge in [0.1, 0.15) is 11.6 Å². The number of ether oxygens (including phenoxy) is 1. The molecule has 0 spiro atoms. The zero-order valence-corrected chi connectivity index (χ0v) is 18.6. The van der Waals surface area contributed by atoms with E-state index in [2.05, 4.69) is 47.6 Å². The summed E-state index contributed by atoms with van der Waals surface area (Å²) >= 11 is 0. The van der Waals surface area contributed by atoms with Gasteiger partial charge >= 0.3 is 0 Å². The van der Waals surface area contributed by atoms with Gasteiger partial charge in [0.25, 0.3) is 0 Å². The number of anilines is 1. The molecule has 0 bridgehead atoms. The van der Waals surface area contributed by atoms with E-state index in [9.17, 15) is 0 Å². The molecule has 5 heteroatoms. The van der Waals surface area contributed by atoms with Gasteiger partial charge in [0.2, 0.25) is 0 Å². The molecule has 0 aliphatic carbocycles. The first-order valence-corrected chi connectivity index (χ1v) is 10.9. The number of pyridine rings is 1. The molecule has 2 aromatic heterocycles. The van der Waals surface area contributed by atoms with E-state index in [4.69, 9.17) is 14.7 Å². The molecular formula is C28H24N4O. The van der Waals surface area contributed by atoms with E-state index in [0.717, 1.165) is 39.2 Å². The third-order valence-electron chi connectivity index (χ3n) is 5.67. The average Bonchev–Trinajstić information content (AvgIpc) is 2.89. The lowest BCUT2D eigenvalue weighted by atomic mass is 10.0. The van der Waals surface area contributed by atoms with Crippen molar-refractivity contribution >= 4 is 16.7 Å². The molecular weight excluding hydrogens is 408 g/mol. The Morgan fingerprint density at radius 3 is 2.39 bits per heavy atom. The van der Waals surface area contributed by atoms with Crippen molar-refractivity contribution in [1.82, 2.24) is 15.0 Å². The number of hydrogen-bond donors (Lipinski definition) is 1. The molecule has 3 aromatic carbocycles. The molecule has 5 nitrogen and oxygen atoms in total. The van der Waals surface area contributed by atoms with Crippen LogP contribution in [-0.2, 0) is 0 Å². The fourth-order valence-electron chi connectivity index (χ4n) is 3.87. The summed E-state index contributed by atoms with van der Waals surface area (Å²) in [6, 6.07) is 28.6. The summed E-state index contributed by atoms with van der Waals surface area (Å²) in [6.45, 7) is 2.14. The number of nitrogens with one attached hydrogen (secondary N) is 1. The molecule has 33 heavy (non-hydrogen) atoms. The lowest BCUT2D eigenvalue weighted by Crippen LogP contribution is -2.09. The van der Waals surface area contributed by atoms with E-state index in [0.29, 0.717) is 5.82 Å². The van der Waals surface area contributed by atoms with Crippen LogP contribution in [-0.4, -0.2) is 22.1 Å². The maximum atomic E-state index is 5.41. The fraction of sp³-hybridized carbons (Fsp3) is 0.107. The number of aromatic nitrogens is 3. The molecule has 0 radical (unpaired) electrons. The predicted octanol–water partition coefficient (Wildman–Crippen LogP) is 6.54. The van der Waals surface area contributed by atoms with Crippen LogP contribution in [0.4, 0.5) is 5.82 Å². The smallest absolute Gasteiger partial charge is 0.163 e. The zero-order valence-electron chi connectivity index (χ0n) is 18.6. The van der Waals surface area contributed by atoms with E-state index in [1.807, 2.05) is 54.6 Å². The molecule has 0 amide bonds. The Balaban J connectivity index is 1.64. The fourth-order valence-corrected chi connectivity index (χ4v) is 3.87. The van der Waals surface area contributed by atoms with Crippen LogP contribution in [0.2, 0.25) is 0 Å². The molecule has 0 aliphatic heterocycles. The molecule has 0 aliphatic rings. The van der Waals surface area contributed by atoms with Gasteiger partial charge in [0.15, 0.2) is 5.82 Å². The molecule has 1 N–H and O–H groups in total. The van der Waals surface area contributed by atoms with Crippen molar-refractivity contribution in [1.29, 1.82) is 0 Å². The monoisotopic (exact) mass is 432 g/mol. The van der Waals surface area contributed by atoms with Gasteiger partial charge in [-0.05, 0) is 60.0 Å². The van der Waals surface area contributed by atoms with Crippen molar-refractivity contribution in [3.8, 4) is 28.3 Å². The van der Waals surface area contributed by atoms with Crippen molar-refractivity contribution in [2.24, 2.45) is 0 Å². The van der Waals surface area contributed by atoms with E-state index < -0.39 is 0 Å². The lowest BCUT2D eigenvalue weighted by molar-refractivity contribution is 0.415. The first-order chi connectivity index (χ1) is 16.2. The van der Waals surface area contributed by atoms with E-state index in [1.54, 1.807) is 19.5 Å². The largest absolute Gasteiger partial charge is 0.497 e. The highest BCUT2D eigenvalue weighted by Crippen LogP contribution is 2.32. The second-order valence-electron chi connectivity index (χ2n) is 7.88. The number of nitrogens with zero attached hydrogens (tertiary/aromatic N) is 3. The van der Waals surface area contributed by atoms with Crippen molar-refractivity contribution in [3.63, 3.8) is 0 Å². The molecule has 0 unspecified atom stereocenters. The number of rotatable bonds is 6. The van der Waals surface area contributed by atoms with Gasteiger partial charge < -0.3 is 10.1 Å². The van der Waals surface area contributed by atoms with Crippen molar-refractivity contribution in [2.45, 2.75) is 13.0 Å². The highest BCUT2D eigenvalue weighted by molar-refractivity contribution is 5.94. The maximum absolute atomic E-state index is 5.41. The molecule has 5 rings (SSSR count). The van der Waals surface area contributed by atoms with Crippen LogP contribution in [0.1, 0.15) is 18.5 Å². The average molecular weight is 433 g/mol. The molecule has 0 fully saturated rings. The molecule has 5 aromatic rings. The SMILES string of the molecule is COc1cccc(-c2ccc3nc(-c4cccnc4)nc(N[C@@H](C)c4ccccc4)c3c2)c1. The highest BCUT2D eigenvalue weighted by atomic mass is 16.5. The van der Waals surface area contributed by atoms with Crippen molar-refractivity contribution in [3.05, 3.63) is 103 Å². The Kier molecular flexibility index (Phi) is 5.68. The maximum Gasteiger partial charge on any atom is 0.163 e.